The van der Waals surface area contributed by atoms with E-state index in [-0.39, 0.29) is 13.2 Å². The van der Waals surface area contributed by atoms with Crippen LogP contribution in [0.1, 0.15) is 75.9 Å². The quantitative estimate of drug-likeness (QED) is 0.0941. The fourth-order valence-corrected chi connectivity index (χ4v) is 7.46. The SMILES string of the molecule is CC(C)c1ccc(Cc2ccc(CO)c([C@@H]3O[C@H](COCc4ccccc4)[C@@H](OCc4ccccc4)[C@H](OCc4ccccc4)[C@H]3OCc3ccccc3)c2)cc1. The summed E-state index contributed by atoms with van der Waals surface area (Å²) < 4.78 is 34.5. The molecule has 0 aliphatic carbocycles. The van der Waals surface area contributed by atoms with E-state index in [2.05, 4.69) is 98.8 Å². The Morgan fingerprint density at radius 3 is 1.49 bits per heavy atom. The number of aliphatic hydroxyl groups is 1. The van der Waals surface area contributed by atoms with Crippen LogP contribution in [0.4, 0.5) is 0 Å². The number of rotatable bonds is 18. The Balaban J connectivity index is 1.27. The Hall–Kier alpha value is -4.92. The van der Waals surface area contributed by atoms with Crippen LogP contribution in [-0.4, -0.2) is 36.1 Å². The molecule has 1 saturated heterocycles. The van der Waals surface area contributed by atoms with Crippen molar-refractivity contribution in [2.45, 2.75) is 89.7 Å². The maximum Gasteiger partial charge on any atom is 0.117 e. The number of aliphatic hydroxyl groups excluding tert-OH is 1. The average molecular weight is 763 g/mol. The topological polar surface area (TPSA) is 66.4 Å². The smallest absolute Gasteiger partial charge is 0.117 e. The van der Waals surface area contributed by atoms with Gasteiger partial charge in [0.15, 0.2) is 0 Å². The van der Waals surface area contributed by atoms with Crippen LogP contribution in [0, 0.1) is 0 Å². The van der Waals surface area contributed by atoms with Crippen LogP contribution < -0.4 is 0 Å². The molecule has 5 atom stereocenters. The highest BCUT2D eigenvalue weighted by Gasteiger charge is 2.49. The maximum absolute atomic E-state index is 10.8. The van der Waals surface area contributed by atoms with Crippen molar-refractivity contribution in [2.24, 2.45) is 0 Å². The van der Waals surface area contributed by atoms with E-state index in [0.717, 1.165) is 45.4 Å². The molecule has 0 unspecified atom stereocenters. The minimum Gasteiger partial charge on any atom is -0.392 e. The standard InChI is InChI=1S/C51H54O6/c1-37(2)44-26-23-38(24-27-44)29-43-25-28-45(31-52)46(30-43)48-50(55-34-41-19-11-5-12-20-41)51(56-35-42-21-13-6-14-22-42)49(54-33-40-17-9-4-10-18-40)47(57-48)36-53-32-39-15-7-3-8-16-39/h3-28,30,37,47-52H,29,31-36H2,1-2H3/t47-,48+,49-,50+,51+/m1/s1. The van der Waals surface area contributed by atoms with Gasteiger partial charge in [0.05, 0.1) is 39.6 Å². The van der Waals surface area contributed by atoms with Crippen LogP contribution >= 0.6 is 0 Å². The second-order valence-electron chi connectivity index (χ2n) is 15.1. The summed E-state index contributed by atoms with van der Waals surface area (Å²) in [5.41, 5.74) is 9.50. The molecule has 57 heavy (non-hydrogen) atoms. The third kappa shape index (κ3) is 11.1. The van der Waals surface area contributed by atoms with Crippen molar-refractivity contribution >= 4 is 0 Å². The summed E-state index contributed by atoms with van der Waals surface area (Å²) in [5, 5.41) is 10.8. The largest absolute Gasteiger partial charge is 0.392 e. The summed E-state index contributed by atoms with van der Waals surface area (Å²) in [5.74, 6) is 0.466. The Morgan fingerprint density at radius 2 is 0.982 bits per heavy atom. The molecule has 1 aliphatic heterocycles. The highest BCUT2D eigenvalue weighted by Crippen LogP contribution is 2.40. The van der Waals surface area contributed by atoms with Crippen molar-refractivity contribution in [3.8, 4) is 0 Å². The van der Waals surface area contributed by atoms with Crippen molar-refractivity contribution in [1.82, 2.24) is 0 Å². The molecule has 7 rings (SSSR count). The monoisotopic (exact) mass is 762 g/mol. The third-order valence-corrected chi connectivity index (χ3v) is 10.6. The highest BCUT2D eigenvalue weighted by molar-refractivity contribution is 5.38. The molecule has 0 amide bonds. The van der Waals surface area contributed by atoms with Gasteiger partial charge in [0.25, 0.3) is 0 Å². The van der Waals surface area contributed by atoms with E-state index < -0.39 is 30.5 Å². The molecule has 1 aliphatic rings. The normalized spacial score (nSPS) is 19.5. The number of ether oxygens (including phenoxy) is 5. The van der Waals surface area contributed by atoms with E-state index in [9.17, 15) is 5.11 Å². The van der Waals surface area contributed by atoms with Gasteiger partial charge >= 0.3 is 0 Å². The zero-order valence-electron chi connectivity index (χ0n) is 33.0. The average Bonchev–Trinajstić information content (AvgIpc) is 3.26. The van der Waals surface area contributed by atoms with Gasteiger partial charge in [-0.2, -0.15) is 0 Å². The van der Waals surface area contributed by atoms with Gasteiger partial charge in [-0.3, -0.25) is 0 Å². The summed E-state index contributed by atoms with van der Waals surface area (Å²) in [6.07, 6.45) is -2.13. The Kier molecular flexibility index (Phi) is 14.5. The first-order valence-electron chi connectivity index (χ1n) is 20.1. The van der Waals surface area contributed by atoms with E-state index in [1.807, 2.05) is 78.9 Å². The van der Waals surface area contributed by atoms with E-state index >= 15 is 0 Å². The van der Waals surface area contributed by atoms with E-state index in [0.29, 0.717) is 32.3 Å². The summed E-state index contributed by atoms with van der Waals surface area (Å²) in [7, 11) is 0. The van der Waals surface area contributed by atoms with E-state index in [4.69, 9.17) is 23.7 Å². The second-order valence-corrected chi connectivity index (χ2v) is 15.1. The lowest BCUT2D eigenvalue weighted by Gasteiger charge is -2.47. The minimum absolute atomic E-state index is 0.150. The molecule has 294 valence electrons. The number of hydrogen-bond donors (Lipinski definition) is 1. The predicted molar refractivity (Wildman–Crippen MR) is 224 cm³/mol. The number of benzene rings is 6. The molecule has 6 nitrogen and oxygen atoms in total. The van der Waals surface area contributed by atoms with Crippen LogP contribution in [0.25, 0.3) is 0 Å². The Morgan fingerprint density at radius 1 is 0.509 bits per heavy atom. The molecule has 0 spiro atoms. The van der Waals surface area contributed by atoms with Crippen LogP contribution in [0.3, 0.4) is 0 Å². The Bertz CT molecular complexity index is 2050. The molecule has 1 N–H and O–H groups in total. The van der Waals surface area contributed by atoms with E-state index in [1.54, 1.807) is 0 Å². The van der Waals surface area contributed by atoms with Crippen molar-refractivity contribution in [3.05, 3.63) is 214 Å². The molecular weight excluding hydrogens is 709 g/mol. The maximum atomic E-state index is 10.8. The molecular formula is C51H54O6. The summed E-state index contributed by atoms with van der Waals surface area (Å²) in [6.45, 7) is 6.01. The van der Waals surface area contributed by atoms with Crippen molar-refractivity contribution in [2.75, 3.05) is 6.61 Å². The van der Waals surface area contributed by atoms with Gasteiger partial charge in [0, 0.05) is 0 Å². The zero-order valence-corrected chi connectivity index (χ0v) is 33.0. The lowest BCUT2D eigenvalue weighted by atomic mass is 9.87. The van der Waals surface area contributed by atoms with Crippen LogP contribution in [0.15, 0.2) is 164 Å². The van der Waals surface area contributed by atoms with Gasteiger partial charge in [0.2, 0.25) is 0 Å². The van der Waals surface area contributed by atoms with Gasteiger partial charge in [-0.25, -0.2) is 0 Å². The van der Waals surface area contributed by atoms with Crippen molar-refractivity contribution in [1.29, 1.82) is 0 Å². The molecule has 0 radical (unpaired) electrons. The van der Waals surface area contributed by atoms with E-state index in [1.165, 1.54) is 11.1 Å². The molecule has 0 bridgehead atoms. The zero-order chi connectivity index (χ0) is 39.2. The minimum atomic E-state index is -0.609. The molecule has 6 heteroatoms. The molecule has 1 heterocycles. The van der Waals surface area contributed by atoms with Gasteiger partial charge in [-0.15, -0.1) is 0 Å². The molecule has 6 aromatic rings. The molecule has 0 saturated carbocycles. The second kappa shape index (κ2) is 20.5. The Labute approximate surface area is 338 Å². The first-order valence-corrected chi connectivity index (χ1v) is 20.1. The predicted octanol–water partition coefficient (Wildman–Crippen LogP) is 10.3. The molecule has 1 fully saturated rings. The summed E-state index contributed by atoms with van der Waals surface area (Å²) in [4.78, 5) is 0. The third-order valence-electron chi connectivity index (χ3n) is 10.6. The fraction of sp³-hybridized carbons (Fsp3) is 0.294. The molecule has 0 aromatic heterocycles. The van der Waals surface area contributed by atoms with Crippen LogP contribution in [-0.2, 0) is 63.1 Å². The fourth-order valence-electron chi connectivity index (χ4n) is 7.46. The van der Waals surface area contributed by atoms with Crippen LogP contribution in [0.5, 0.6) is 0 Å². The van der Waals surface area contributed by atoms with Gasteiger partial charge in [-0.05, 0) is 62.4 Å². The van der Waals surface area contributed by atoms with Crippen molar-refractivity contribution < 1.29 is 28.8 Å². The van der Waals surface area contributed by atoms with Gasteiger partial charge in [-0.1, -0.05) is 178 Å². The lowest BCUT2D eigenvalue weighted by Crippen LogP contribution is -2.58. The first-order chi connectivity index (χ1) is 28.0. The molecule has 6 aromatic carbocycles. The number of hydrogen-bond acceptors (Lipinski definition) is 6. The highest BCUT2D eigenvalue weighted by atomic mass is 16.6. The van der Waals surface area contributed by atoms with Gasteiger partial charge in [0.1, 0.15) is 30.5 Å². The summed E-state index contributed by atoms with van der Waals surface area (Å²) >= 11 is 0. The van der Waals surface area contributed by atoms with Crippen LogP contribution in [0.2, 0.25) is 0 Å². The van der Waals surface area contributed by atoms with Crippen molar-refractivity contribution in [3.63, 3.8) is 0 Å². The lowest BCUT2D eigenvalue weighted by molar-refractivity contribution is -0.275. The summed E-state index contributed by atoms with van der Waals surface area (Å²) in [6, 6.07) is 55.8. The van der Waals surface area contributed by atoms with Gasteiger partial charge < -0.3 is 28.8 Å². The first kappa shape index (κ1) is 40.3.